The van der Waals surface area contributed by atoms with Crippen LogP contribution in [0.4, 0.5) is 5.69 Å². The van der Waals surface area contributed by atoms with Crippen LogP contribution in [0.5, 0.6) is 5.75 Å². The Morgan fingerprint density at radius 3 is 2.60 bits per heavy atom. The SMILES string of the molecule is C=C(CNc1ccc(Cl)c(OC)c1)C(=O)OC(C)(C)C. The van der Waals surface area contributed by atoms with Crippen molar-refractivity contribution in [2.75, 3.05) is 19.0 Å². The second-order valence-electron chi connectivity index (χ2n) is 5.31. The minimum absolute atomic E-state index is 0.291. The van der Waals surface area contributed by atoms with Crippen molar-refractivity contribution in [2.24, 2.45) is 0 Å². The number of rotatable bonds is 5. The number of anilines is 1. The van der Waals surface area contributed by atoms with Crippen molar-refractivity contribution in [3.05, 3.63) is 35.4 Å². The Bertz CT molecular complexity index is 506. The van der Waals surface area contributed by atoms with E-state index < -0.39 is 11.6 Å². The van der Waals surface area contributed by atoms with Gasteiger partial charge in [0.15, 0.2) is 0 Å². The molecule has 110 valence electrons. The van der Waals surface area contributed by atoms with Crippen molar-refractivity contribution in [3.8, 4) is 5.75 Å². The summed E-state index contributed by atoms with van der Waals surface area (Å²) in [5.41, 5.74) is 0.619. The fourth-order valence-electron chi connectivity index (χ4n) is 1.40. The quantitative estimate of drug-likeness (QED) is 0.665. The minimum Gasteiger partial charge on any atom is -0.495 e. The largest absolute Gasteiger partial charge is 0.495 e. The topological polar surface area (TPSA) is 47.6 Å². The van der Waals surface area contributed by atoms with Gasteiger partial charge >= 0.3 is 5.97 Å². The second-order valence-corrected chi connectivity index (χ2v) is 5.72. The number of carbonyl (C=O) groups is 1. The van der Waals surface area contributed by atoms with Gasteiger partial charge in [0.2, 0.25) is 0 Å². The molecule has 1 N–H and O–H groups in total. The summed E-state index contributed by atoms with van der Waals surface area (Å²) in [6.45, 7) is 9.46. The van der Waals surface area contributed by atoms with Crippen LogP contribution in [0, 0.1) is 0 Å². The molecule has 0 aromatic heterocycles. The molecule has 0 saturated heterocycles. The number of esters is 1. The fourth-order valence-corrected chi connectivity index (χ4v) is 1.60. The third kappa shape index (κ3) is 5.13. The summed E-state index contributed by atoms with van der Waals surface area (Å²) < 4.78 is 10.3. The van der Waals surface area contributed by atoms with Crippen molar-refractivity contribution >= 4 is 23.3 Å². The smallest absolute Gasteiger partial charge is 0.335 e. The normalized spacial score (nSPS) is 10.8. The molecule has 0 amide bonds. The summed E-state index contributed by atoms with van der Waals surface area (Å²) in [4.78, 5) is 11.7. The lowest BCUT2D eigenvalue weighted by atomic mass is 10.2. The molecular weight excluding hydrogens is 278 g/mol. The van der Waals surface area contributed by atoms with E-state index >= 15 is 0 Å². The Kier molecular flexibility index (Phi) is 5.45. The molecule has 0 unspecified atom stereocenters. The van der Waals surface area contributed by atoms with Gasteiger partial charge < -0.3 is 14.8 Å². The number of benzene rings is 1. The highest BCUT2D eigenvalue weighted by Gasteiger charge is 2.18. The van der Waals surface area contributed by atoms with Gasteiger partial charge in [-0.15, -0.1) is 0 Å². The van der Waals surface area contributed by atoms with Gasteiger partial charge in [0.05, 0.1) is 12.1 Å². The number of carbonyl (C=O) groups excluding carboxylic acids is 1. The molecule has 0 radical (unpaired) electrons. The molecule has 4 nitrogen and oxygen atoms in total. The maximum atomic E-state index is 11.7. The lowest BCUT2D eigenvalue weighted by molar-refractivity contribution is -0.149. The predicted octanol–water partition coefficient (Wildman–Crippen LogP) is 3.66. The minimum atomic E-state index is -0.524. The zero-order valence-electron chi connectivity index (χ0n) is 12.2. The van der Waals surface area contributed by atoms with Gasteiger partial charge in [0.1, 0.15) is 11.4 Å². The van der Waals surface area contributed by atoms with Crippen molar-refractivity contribution in [1.82, 2.24) is 0 Å². The van der Waals surface area contributed by atoms with Gasteiger partial charge in [0.25, 0.3) is 0 Å². The van der Waals surface area contributed by atoms with Crippen LogP contribution in [-0.2, 0) is 9.53 Å². The van der Waals surface area contributed by atoms with Crippen LogP contribution in [0.2, 0.25) is 5.02 Å². The maximum Gasteiger partial charge on any atom is 0.335 e. The molecule has 0 aliphatic rings. The summed E-state index contributed by atoms with van der Waals surface area (Å²) in [6, 6.07) is 5.27. The van der Waals surface area contributed by atoms with Crippen LogP contribution < -0.4 is 10.1 Å². The molecule has 0 fully saturated rings. The zero-order chi connectivity index (χ0) is 15.3. The summed E-state index contributed by atoms with van der Waals surface area (Å²) in [5, 5.41) is 3.61. The molecule has 5 heteroatoms. The summed E-state index contributed by atoms with van der Waals surface area (Å²) >= 11 is 5.94. The third-order valence-corrected chi connectivity index (χ3v) is 2.66. The van der Waals surface area contributed by atoms with Crippen LogP contribution in [-0.4, -0.2) is 25.2 Å². The zero-order valence-corrected chi connectivity index (χ0v) is 13.0. The third-order valence-electron chi connectivity index (χ3n) is 2.34. The first kappa shape index (κ1) is 16.4. The average molecular weight is 298 g/mol. The van der Waals surface area contributed by atoms with Gasteiger partial charge in [0, 0.05) is 23.9 Å². The molecule has 0 atom stereocenters. The van der Waals surface area contributed by atoms with Crippen molar-refractivity contribution in [3.63, 3.8) is 0 Å². The summed E-state index contributed by atoms with van der Waals surface area (Å²) in [6.07, 6.45) is 0. The predicted molar refractivity (Wildman–Crippen MR) is 81.5 cm³/mol. The van der Waals surface area contributed by atoms with Crippen LogP contribution in [0.15, 0.2) is 30.4 Å². The van der Waals surface area contributed by atoms with Crippen molar-refractivity contribution in [1.29, 1.82) is 0 Å². The van der Waals surface area contributed by atoms with E-state index in [9.17, 15) is 4.79 Å². The van der Waals surface area contributed by atoms with Gasteiger partial charge in [-0.1, -0.05) is 18.2 Å². The lowest BCUT2D eigenvalue weighted by Gasteiger charge is -2.20. The van der Waals surface area contributed by atoms with Crippen LogP contribution in [0.25, 0.3) is 0 Å². The van der Waals surface area contributed by atoms with E-state index in [2.05, 4.69) is 11.9 Å². The van der Waals surface area contributed by atoms with Crippen LogP contribution in [0.1, 0.15) is 20.8 Å². The molecule has 1 aromatic rings. The highest BCUT2D eigenvalue weighted by Crippen LogP contribution is 2.27. The fraction of sp³-hybridized carbons (Fsp3) is 0.400. The summed E-state index contributed by atoms with van der Waals surface area (Å²) in [7, 11) is 1.55. The first-order chi connectivity index (χ1) is 9.23. The Morgan fingerprint density at radius 2 is 2.05 bits per heavy atom. The Labute approximate surface area is 124 Å². The number of nitrogens with one attached hydrogen (secondary N) is 1. The average Bonchev–Trinajstić information content (AvgIpc) is 2.35. The monoisotopic (exact) mass is 297 g/mol. The van der Waals surface area contributed by atoms with E-state index in [0.717, 1.165) is 5.69 Å². The van der Waals surface area contributed by atoms with Crippen molar-refractivity contribution in [2.45, 2.75) is 26.4 Å². The highest BCUT2D eigenvalue weighted by atomic mass is 35.5. The molecule has 0 spiro atoms. The molecule has 20 heavy (non-hydrogen) atoms. The molecule has 0 aliphatic heterocycles. The van der Waals surface area contributed by atoms with Gasteiger partial charge in [-0.3, -0.25) is 0 Å². The van der Waals surface area contributed by atoms with Crippen LogP contribution in [0.3, 0.4) is 0 Å². The molecule has 1 aromatic carbocycles. The van der Waals surface area contributed by atoms with E-state index in [1.165, 1.54) is 0 Å². The number of ether oxygens (including phenoxy) is 2. The van der Waals surface area contributed by atoms with E-state index in [0.29, 0.717) is 22.9 Å². The molecule has 0 saturated carbocycles. The van der Waals surface area contributed by atoms with E-state index in [4.69, 9.17) is 21.1 Å². The summed E-state index contributed by atoms with van der Waals surface area (Å²) in [5.74, 6) is 0.158. The Hall–Kier alpha value is -1.68. The number of methoxy groups -OCH3 is 1. The van der Waals surface area contributed by atoms with Crippen molar-refractivity contribution < 1.29 is 14.3 Å². The van der Waals surface area contributed by atoms with E-state index in [1.807, 2.05) is 20.8 Å². The number of hydrogen-bond donors (Lipinski definition) is 1. The lowest BCUT2D eigenvalue weighted by Crippen LogP contribution is -2.26. The first-order valence-electron chi connectivity index (χ1n) is 6.21. The Balaban J connectivity index is 2.59. The van der Waals surface area contributed by atoms with Gasteiger partial charge in [-0.2, -0.15) is 0 Å². The second kappa shape index (κ2) is 6.66. The molecule has 0 bridgehead atoms. The first-order valence-corrected chi connectivity index (χ1v) is 6.59. The molecule has 0 aliphatic carbocycles. The van der Waals surface area contributed by atoms with E-state index in [1.54, 1.807) is 25.3 Å². The highest BCUT2D eigenvalue weighted by molar-refractivity contribution is 6.32. The molecule has 1 rings (SSSR count). The number of halogens is 1. The van der Waals surface area contributed by atoms with Gasteiger partial charge in [-0.05, 0) is 32.9 Å². The maximum absolute atomic E-state index is 11.7. The van der Waals surface area contributed by atoms with Crippen LogP contribution >= 0.6 is 11.6 Å². The standard InChI is InChI=1S/C15H20ClNO3/c1-10(14(18)20-15(2,3)4)9-17-11-6-7-12(16)13(8-11)19-5/h6-8,17H,1,9H2,2-5H3. The van der Waals surface area contributed by atoms with E-state index in [-0.39, 0.29) is 0 Å². The number of hydrogen-bond acceptors (Lipinski definition) is 4. The molecular formula is C15H20ClNO3. The molecule has 0 heterocycles. The Morgan fingerprint density at radius 1 is 1.40 bits per heavy atom. The van der Waals surface area contributed by atoms with Gasteiger partial charge in [-0.25, -0.2) is 4.79 Å².